The maximum atomic E-state index is 11.3. The maximum Gasteiger partial charge on any atom is 0.258 e. The molecule has 1 aromatic rings. The molecule has 1 aliphatic heterocycles. The van der Waals surface area contributed by atoms with Crippen LogP contribution in [0.5, 0.6) is 0 Å². The summed E-state index contributed by atoms with van der Waals surface area (Å²) < 4.78 is 0. The standard InChI is InChI=1S/C11H6N2O3/c14-7-12-8-1-3-9(4-2-8)13-10(15)5-6-11(13)16/h1-6H. The smallest absolute Gasteiger partial charge is 0.258 e. The fraction of sp³-hybridized carbons (Fsp3) is 0. The third-order valence-corrected chi connectivity index (χ3v) is 2.09. The molecule has 0 N–H and O–H groups in total. The van der Waals surface area contributed by atoms with Gasteiger partial charge in [-0.15, -0.1) is 0 Å². The van der Waals surface area contributed by atoms with Crippen LogP contribution in [0.15, 0.2) is 41.4 Å². The van der Waals surface area contributed by atoms with Crippen LogP contribution < -0.4 is 4.90 Å². The summed E-state index contributed by atoms with van der Waals surface area (Å²) in [5.74, 6) is -0.756. The molecule has 5 nitrogen and oxygen atoms in total. The molecule has 2 rings (SSSR count). The SMILES string of the molecule is O=C=Nc1ccc(N2C(=O)C=CC2=O)cc1. The third-order valence-electron chi connectivity index (χ3n) is 2.09. The Morgan fingerprint density at radius 1 is 1.00 bits per heavy atom. The molecule has 78 valence electrons. The van der Waals surface area contributed by atoms with Crippen LogP contribution in [0.4, 0.5) is 11.4 Å². The summed E-state index contributed by atoms with van der Waals surface area (Å²) in [7, 11) is 0. The lowest BCUT2D eigenvalue weighted by molar-refractivity contribution is -0.119. The van der Waals surface area contributed by atoms with Gasteiger partial charge in [-0.25, -0.2) is 9.69 Å². The molecule has 2 amide bonds. The van der Waals surface area contributed by atoms with Crippen molar-refractivity contribution >= 4 is 29.3 Å². The highest BCUT2D eigenvalue weighted by atomic mass is 16.2. The Morgan fingerprint density at radius 2 is 1.56 bits per heavy atom. The van der Waals surface area contributed by atoms with Gasteiger partial charge >= 0.3 is 0 Å². The van der Waals surface area contributed by atoms with Crippen molar-refractivity contribution in [3.8, 4) is 0 Å². The van der Waals surface area contributed by atoms with Crippen molar-refractivity contribution < 1.29 is 14.4 Å². The number of isocyanates is 1. The molecule has 5 heteroatoms. The lowest BCUT2D eigenvalue weighted by atomic mass is 10.2. The molecule has 0 unspecified atom stereocenters. The number of rotatable bonds is 2. The van der Waals surface area contributed by atoms with E-state index in [1.54, 1.807) is 12.1 Å². The predicted molar refractivity (Wildman–Crippen MR) is 55.9 cm³/mol. The lowest BCUT2D eigenvalue weighted by Gasteiger charge is -2.13. The van der Waals surface area contributed by atoms with Crippen molar-refractivity contribution in [2.24, 2.45) is 4.99 Å². The van der Waals surface area contributed by atoms with Crippen molar-refractivity contribution in [2.75, 3.05) is 4.90 Å². The summed E-state index contributed by atoms with van der Waals surface area (Å²) in [5, 5.41) is 0. The average Bonchev–Trinajstić information content (AvgIpc) is 2.61. The molecule has 0 atom stereocenters. The lowest BCUT2D eigenvalue weighted by Crippen LogP contribution is -2.29. The first-order valence-corrected chi connectivity index (χ1v) is 4.46. The van der Waals surface area contributed by atoms with Crippen molar-refractivity contribution in [3.05, 3.63) is 36.4 Å². The van der Waals surface area contributed by atoms with Gasteiger partial charge in [0.05, 0.1) is 11.4 Å². The molecule has 1 heterocycles. The van der Waals surface area contributed by atoms with E-state index in [0.29, 0.717) is 11.4 Å². The van der Waals surface area contributed by atoms with Gasteiger partial charge in [0.15, 0.2) is 0 Å². The highest BCUT2D eigenvalue weighted by Crippen LogP contribution is 2.22. The molecular formula is C11H6N2O3. The van der Waals surface area contributed by atoms with Crippen LogP contribution in [0.2, 0.25) is 0 Å². The van der Waals surface area contributed by atoms with Crippen LogP contribution >= 0.6 is 0 Å². The minimum Gasteiger partial charge on any atom is -0.269 e. The second kappa shape index (κ2) is 3.92. The van der Waals surface area contributed by atoms with E-state index >= 15 is 0 Å². The first kappa shape index (κ1) is 10.0. The van der Waals surface area contributed by atoms with Crippen LogP contribution in [0.3, 0.4) is 0 Å². The number of benzene rings is 1. The molecule has 0 bridgehead atoms. The number of hydrogen-bond acceptors (Lipinski definition) is 4. The van der Waals surface area contributed by atoms with Crippen LogP contribution in [0, 0.1) is 0 Å². The topological polar surface area (TPSA) is 66.8 Å². The normalized spacial score (nSPS) is 14.1. The third kappa shape index (κ3) is 1.67. The summed E-state index contributed by atoms with van der Waals surface area (Å²) in [5.41, 5.74) is 0.871. The molecular weight excluding hydrogens is 208 g/mol. The number of imide groups is 1. The van der Waals surface area contributed by atoms with Gasteiger partial charge in [0.25, 0.3) is 11.8 Å². The van der Waals surface area contributed by atoms with E-state index in [2.05, 4.69) is 4.99 Å². The van der Waals surface area contributed by atoms with Gasteiger partial charge in [-0.1, -0.05) is 0 Å². The van der Waals surface area contributed by atoms with Gasteiger partial charge in [0, 0.05) is 12.2 Å². The molecule has 1 aliphatic rings. The number of carbonyl (C=O) groups is 2. The van der Waals surface area contributed by atoms with Gasteiger partial charge in [-0.2, -0.15) is 4.99 Å². The van der Waals surface area contributed by atoms with E-state index in [1.807, 2.05) is 0 Å². The summed E-state index contributed by atoms with van der Waals surface area (Å²) in [6.45, 7) is 0. The second-order valence-electron chi connectivity index (χ2n) is 3.06. The fourth-order valence-electron chi connectivity index (χ4n) is 1.38. The van der Waals surface area contributed by atoms with Crippen molar-refractivity contribution in [1.82, 2.24) is 0 Å². The Bertz CT molecular complexity index is 507. The Hall–Kier alpha value is -2.52. The molecule has 0 saturated carbocycles. The van der Waals surface area contributed by atoms with E-state index in [9.17, 15) is 14.4 Å². The first-order valence-electron chi connectivity index (χ1n) is 4.46. The number of amides is 2. The summed E-state index contributed by atoms with van der Waals surface area (Å²) in [4.78, 5) is 37.1. The van der Waals surface area contributed by atoms with Gasteiger partial charge < -0.3 is 0 Å². The number of carbonyl (C=O) groups excluding carboxylic acids is 3. The highest BCUT2D eigenvalue weighted by Gasteiger charge is 2.24. The fourth-order valence-corrected chi connectivity index (χ4v) is 1.38. The van der Waals surface area contributed by atoms with Crippen LogP contribution in [0.25, 0.3) is 0 Å². The predicted octanol–water partition coefficient (Wildman–Crippen LogP) is 1.08. The van der Waals surface area contributed by atoms with Crippen molar-refractivity contribution in [3.63, 3.8) is 0 Å². The molecule has 0 radical (unpaired) electrons. The Balaban J connectivity index is 2.32. The average molecular weight is 214 g/mol. The molecule has 0 aromatic heterocycles. The molecule has 0 saturated heterocycles. The van der Waals surface area contributed by atoms with Crippen LogP contribution in [0.1, 0.15) is 0 Å². The zero-order valence-electron chi connectivity index (χ0n) is 8.08. The van der Waals surface area contributed by atoms with Crippen molar-refractivity contribution in [1.29, 1.82) is 0 Å². The van der Waals surface area contributed by atoms with Gasteiger partial charge in [-0.05, 0) is 24.3 Å². The van der Waals surface area contributed by atoms with Crippen molar-refractivity contribution in [2.45, 2.75) is 0 Å². The molecule has 1 aromatic carbocycles. The van der Waals surface area contributed by atoms with E-state index in [0.717, 1.165) is 4.90 Å². The monoisotopic (exact) mass is 214 g/mol. The maximum absolute atomic E-state index is 11.3. The van der Waals surface area contributed by atoms with E-state index in [1.165, 1.54) is 30.4 Å². The largest absolute Gasteiger partial charge is 0.269 e. The Labute approximate surface area is 90.7 Å². The number of aliphatic imine (C=N–C) groups is 1. The Kier molecular flexibility index (Phi) is 2.45. The van der Waals surface area contributed by atoms with Crippen LogP contribution in [-0.4, -0.2) is 17.9 Å². The van der Waals surface area contributed by atoms with Gasteiger partial charge in [-0.3, -0.25) is 9.59 Å². The first-order chi connectivity index (χ1) is 7.72. The summed E-state index contributed by atoms with van der Waals surface area (Å²) >= 11 is 0. The number of nitrogens with zero attached hydrogens (tertiary/aromatic N) is 2. The molecule has 0 aliphatic carbocycles. The highest BCUT2D eigenvalue weighted by molar-refractivity contribution is 6.28. The van der Waals surface area contributed by atoms with E-state index < -0.39 is 0 Å². The van der Waals surface area contributed by atoms with Gasteiger partial charge in [0.1, 0.15) is 0 Å². The van der Waals surface area contributed by atoms with E-state index in [4.69, 9.17) is 0 Å². The second-order valence-corrected chi connectivity index (χ2v) is 3.06. The zero-order valence-corrected chi connectivity index (χ0v) is 8.08. The molecule has 16 heavy (non-hydrogen) atoms. The summed E-state index contributed by atoms with van der Waals surface area (Å²) in [6, 6.07) is 6.14. The van der Waals surface area contributed by atoms with Gasteiger partial charge in [0.2, 0.25) is 6.08 Å². The van der Waals surface area contributed by atoms with E-state index in [-0.39, 0.29) is 11.8 Å². The van der Waals surface area contributed by atoms with Crippen LogP contribution in [-0.2, 0) is 14.4 Å². The number of anilines is 1. The quantitative estimate of drug-likeness (QED) is 0.420. The molecule has 0 spiro atoms. The zero-order chi connectivity index (χ0) is 11.5. The minimum absolute atomic E-state index is 0.378. The molecule has 0 fully saturated rings. The minimum atomic E-state index is -0.378. The number of hydrogen-bond donors (Lipinski definition) is 0. The Morgan fingerprint density at radius 3 is 2.06 bits per heavy atom. The summed E-state index contributed by atoms with van der Waals surface area (Å²) in [6.07, 6.45) is 3.82.